The molecule has 0 radical (unpaired) electrons. The molecule has 0 aliphatic carbocycles. The fraction of sp³-hybridized carbons (Fsp3) is 0.154. The molecule has 3 rings (SSSR count). The zero-order valence-corrected chi connectivity index (χ0v) is 11.0. The highest BCUT2D eigenvalue weighted by molar-refractivity contribution is 6.28. The number of hydrogen-bond donors (Lipinski definition) is 2. The second kappa shape index (κ2) is 4.85. The van der Waals surface area contributed by atoms with Crippen LogP contribution in [0.4, 0.5) is 5.82 Å². The van der Waals surface area contributed by atoms with Crippen LogP contribution >= 0.6 is 11.6 Å². The first-order valence-corrected chi connectivity index (χ1v) is 6.30. The van der Waals surface area contributed by atoms with Gasteiger partial charge in [-0.15, -0.1) is 0 Å². The van der Waals surface area contributed by atoms with Gasteiger partial charge in [0.25, 0.3) is 0 Å². The second-order valence-electron chi connectivity index (χ2n) is 4.20. The van der Waals surface area contributed by atoms with Gasteiger partial charge in [0.15, 0.2) is 0 Å². The number of halogens is 1. The minimum atomic E-state index is 0.0327. The van der Waals surface area contributed by atoms with Crippen LogP contribution in [0.1, 0.15) is 18.7 Å². The van der Waals surface area contributed by atoms with Crippen LogP contribution in [0.25, 0.3) is 11.0 Å². The normalized spacial score (nSPS) is 12.5. The van der Waals surface area contributed by atoms with Crippen molar-refractivity contribution in [1.29, 1.82) is 0 Å². The van der Waals surface area contributed by atoms with Crippen LogP contribution in [0.15, 0.2) is 36.7 Å². The van der Waals surface area contributed by atoms with Gasteiger partial charge in [0.1, 0.15) is 11.5 Å². The van der Waals surface area contributed by atoms with Crippen molar-refractivity contribution < 1.29 is 0 Å². The summed E-state index contributed by atoms with van der Waals surface area (Å²) in [7, 11) is 0. The molecule has 5 nitrogen and oxygen atoms in total. The Kier molecular flexibility index (Phi) is 3.05. The molecular formula is C13H12ClN5. The van der Waals surface area contributed by atoms with E-state index in [2.05, 4.69) is 25.3 Å². The minimum absolute atomic E-state index is 0.0327. The zero-order valence-electron chi connectivity index (χ0n) is 10.3. The smallest absolute Gasteiger partial charge is 0.226 e. The summed E-state index contributed by atoms with van der Waals surface area (Å²) in [6, 6.07) is 7.76. The maximum absolute atomic E-state index is 5.91. The van der Waals surface area contributed by atoms with Gasteiger partial charge in [-0.2, -0.15) is 4.98 Å². The molecule has 0 bridgehead atoms. The molecule has 0 aliphatic heterocycles. The summed E-state index contributed by atoms with van der Waals surface area (Å²) in [5, 5.41) is 4.43. The molecule has 0 amide bonds. The molecule has 96 valence electrons. The number of rotatable bonds is 3. The molecule has 0 fully saturated rings. The molecule has 0 saturated carbocycles. The number of hydrogen-bond acceptors (Lipinski definition) is 4. The quantitative estimate of drug-likeness (QED) is 0.719. The summed E-state index contributed by atoms with van der Waals surface area (Å²) >= 11 is 5.91. The van der Waals surface area contributed by atoms with Gasteiger partial charge < -0.3 is 10.3 Å². The summed E-state index contributed by atoms with van der Waals surface area (Å²) in [6.07, 6.45) is 3.58. The van der Waals surface area contributed by atoms with Gasteiger partial charge in [0.05, 0.1) is 17.1 Å². The van der Waals surface area contributed by atoms with E-state index in [1.165, 1.54) is 0 Å². The number of anilines is 1. The molecule has 1 atom stereocenters. The Labute approximate surface area is 115 Å². The summed E-state index contributed by atoms with van der Waals surface area (Å²) in [6.45, 7) is 2.02. The third-order valence-corrected chi connectivity index (χ3v) is 3.04. The first-order chi connectivity index (χ1) is 9.24. The van der Waals surface area contributed by atoms with Crippen LogP contribution < -0.4 is 5.32 Å². The summed E-state index contributed by atoms with van der Waals surface area (Å²) in [4.78, 5) is 15.7. The van der Waals surface area contributed by atoms with Gasteiger partial charge in [0, 0.05) is 12.4 Å². The van der Waals surface area contributed by atoms with Gasteiger partial charge in [0.2, 0.25) is 5.28 Å². The molecule has 0 aromatic carbocycles. The van der Waals surface area contributed by atoms with E-state index >= 15 is 0 Å². The summed E-state index contributed by atoms with van der Waals surface area (Å²) < 4.78 is 0. The maximum atomic E-state index is 5.91. The van der Waals surface area contributed by atoms with Crippen LogP contribution in [0.2, 0.25) is 5.28 Å². The number of fused-ring (bicyclic) bond motifs is 1. The summed E-state index contributed by atoms with van der Waals surface area (Å²) in [5.74, 6) is 0.703. The largest absolute Gasteiger partial charge is 0.361 e. The molecule has 3 aromatic rings. The van der Waals surface area contributed by atoms with Crippen LogP contribution in [0.5, 0.6) is 0 Å². The lowest BCUT2D eigenvalue weighted by Crippen LogP contribution is -2.10. The molecule has 2 N–H and O–H groups in total. The third-order valence-electron chi connectivity index (χ3n) is 2.87. The van der Waals surface area contributed by atoms with Gasteiger partial charge in [-0.25, -0.2) is 4.98 Å². The van der Waals surface area contributed by atoms with Crippen LogP contribution in [-0.2, 0) is 0 Å². The number of nitrogens with one attached hydrogen (secondary N) is 2. The Morgan fingerprint density at radius 2 is 2.16 bits per heavy atom. The SMILES string of the molecule is CC(Nc1nc(Cl)nc2[nH]ccc12)c1ccccn1. The average Bonchev–Trinajstić information content (AvgIpc) is 2.88. The first kappa shape index (κ1) is 11.9. The van der Waals surface area contributed by atoms with Gasteiger partial charge in [-0.1, -0.05) is 6.07 Å². The number of aromatic amines is 1. The van der Waals surface area contributed by atoms with Gasteiger partial charge >= 0.3 is 0 Å². The van der Waals surface area contributed by atoms with E-state index in [0.29, 0.717) is 5.82 Å². The predicted octanol–water partition coefficient (Wildman–Crippen LogP) is 3.18. The van der Waals surface area contributed by atoms with Crippen molar-refractivity contribution in [2.75, 3.05) is 5.32 Å². The van der Waals surface area contributed by atoms with E-state index in [-0.39, 0.29) is 11.3 Å². The highest BCUT2D eigenvalue weighted by Crippen LogP contribution is 2.24. The van der Waals surface area contributed by atoms with Crippen molar-refractivity contribution in [2.24, 2.45) is 0 Å². The number of pyridine rings is 1. The van der Waals surface area contributed by atoms with Crippen molar-refractivity contribution in [3.8, 4) is 0 Å². The van der Waals surface area contributed by atoms with E-state index in [9.17, 15) is 0 Å². The Hall–Kier alpha value is -2.14. The third kappa shape index (κ3) is 2.37. The topological polar surface area (TPSA) is 66.5 Å². The van der Waals surface area contributed by atoms with E-state index in [0.717, 1.165) is 16.7 Å². The highest BCUT2D eigenvalue weighted by Gasteiger charge is 2.12. The lowest BCUT2D eigenvalue weighted by atomic mass is 10.2. The first-order valence-electron chi connectivity index (χ1n) is 5.92. The monoisotopic (exact) mass is 273 g/mol. The van der Waals surface area contributed by atoms with Crippen molar-refractivity contribution in [3.05, 3.63) is 47.6 Å². The van der Waals surface area contributed by atoms with Crippen LogP contribution in [0.3, 0.4) is 0 Å². The molecular weight excluding hydrogens is 262 g/mol. The Morgan fingerprint density at radius 3 is 2.95 bits per heavy atom. The molecule has 3 heterocycles. The molecule has 0 saturated heterocycles. The van der Waals surface area contributed by atoms with Gasteiger partial charge in [-0.05, 0) is 36.7 Å². The van der Waals surface area contributed by atoms with Crippen molar-refractivity contribution in [1.82, 2.24) is 19.9 Å². The molecule has 3 aromatic heterocycles. The molecule has 6 heteroatoms. The standard InChI is InChI=1S/C13H12ClN5/c1-8(10-4-2-3-6-15-10)17-12-9-5-7-16-11(9)18-13(14)19-12/h2-8H,1H3,(H2,16,17,18,19). The van der Waals surface area contributed by atoms with E-state index in [1.54, 1.807) is 6.20 Å². The number of aromatic nitrogens is 4. The molecule has 0 aliphatic rings. The Bertz CT molecular complexity index is 695. The lowest BCUT2D eigenvalue weighted by Gasteiger charge is -2.14. The average molecular weight is 274 g/mol. The summed E-state index contributed by atoms with van der Waals surface area (Å²) in [5.41, 5.74) is 1.66. The van der Waals surface area contributed by atoms with Crippen molar-refractivity contribution >= 4 is 28.5 Å². The molecule has 0 spiro atoms. The fourth-order valence-corrected chi connectivity index (χ4v) is 2.10. The minimum Gasteiger partial charge on any atom is -0.361 e. The zero-order chi connectivity index (χ0) is 13.2. The lowest BCUT2D eigenvalue weighted by molar-refractivity contribution is 0.833. The molecule has 19 heavy (non-hydrogen) atoms. The van der Waals surface area contributed by atoms with Crippen LogP contribution in [0, 0.1) is 0 Å². The number of H-pyrrole nitrogens is 1. The second-order valence-corrected chi connectivity index (χ2v) is 4.54. The Balaban J connectivity index is 1.95. The predicted molar refractivity (Wildman–Crippen MR) is 75.2 cm³/mol. The van der Waals surface area contributed by atoms with E-state index in [1.807, 2.05) is 37.4 Å². The Morgan fingerprint density at radius 1 is 1.26 bits per heavy atom. The highest BCUT2D eigenvalue weighted by atomic mass is 35.5. The van der Waals surface area contributed by atoms with Crippen molar-refractivity contribution in [3.63, 3.8) is 0 Å². The van der Waals surface area contributed by atoms with E-state index in [4.69, 9.17) is 11.6 Å². The van der Waals surface area contributed by atoms with E-state index < -0.39 is 0 Å². The molecule has 1 unspecified atom stereocenters. The van der Waals surface area contributed by atoms with Gasteiger partial charge in [-0.3, -0.25) is 4.98 Å². The number of nitrogens with zero attached hydrogens (tertiary/aromatic N) is 3. The maximum Gasteiger partial charge on any atom is 0.226 e. The fourth-order valence-electron chi connectivity index (χ4n) is 1.94. The van der Waals surface area contributed by atoms with Crippen LogP contribution in [-0.4, -0.2) is 19.9 Å². The van der Waals surface area contributed by atoms with Crippen molar-refractivity contribution in [2.45, 2.75) is 13.0 Å².